The van der Waals surface area contributed by atoms with Crippen LogP contribution in [0.3, 0.4) is 0 Å². The predicted molar refractivity (Wildman–Crippen MR) is 108 cm³/mol. The van der Waals surface area contributed by atoms with Crippen molar-refractivity contribution >= 4 is 27.3 Å². The molecule has 0 fully saturated rings. The summed E-state index contributed by atoms with van der Waals surface area (Å²) in [7, 11) is 1.39. The molecule has 26 heavy (non-hydrogen) atoms. The van der Waals surface area contributed by atoms with Crippen LogP contribution in [-0.2, 0) is 16.6 Å². The third kappa shape index (κ3) is 5.30. The summed E-state index contributed by atoms with van der Waals surface area (Å²) < 4.78 is 25.4. The smallest absolute Gasteiger partial charge is 0.242 e. The van der Waals surface area contributed by atoms with E-state index in [1.807, 2.05) is 12.1 Å². The lowest BCUT2D eigenvalue weighted by Gasteiger charge is -2.15. The first kappa shape index (κ1) is 20.4. The molecule has 1 heterocycles. The fraction of sp³-hybridized carbons (Fsp3) is 0.389. The second-order valence-electron chi connectivity index (χ2n) is 6.15. The summed E-state index contributed by atoms with van der Waals surface area (Å²) in [6.07, 6.45) is 0. The highest BCUT2D eigenvalue weighted by molar-refractivity contribution is 7.89. The van der Waals surface area contributed by atoms with Gasteiger partial charge in [-0.15, -0.1) is 11.3 Å². The van der Waals surface area contributed by atoms with E-state index < -0.39 is 10.0 Å². The van der Waals surface area contributed by atoms with Gasteiger partial charge in [-0.25, -0.2) is 12.7 Å². The summed E-state index contributed by atoms with van der Waals surface area (Å²) in [5, 5.41) is 8.65. The van der Waals surface area contributed by atoms with Gasteiger partial charge in [0.1, 0.15) is 0 Å². The Labute approximate surface area is 160 Å². The number of rotatable bonds is 7. The standard InChI is InChI=1S/C18H26N4O2S2/c1-14(17-6-5-11-25-17)12-20-18(19-2)21-13-15-7-9-16(10-8-15)26(23,24)22(3)4/h5-11,14H,12-13H2,1-4H3,(H2,19,20,21). The normalized spacial score (nSPS) is 13.7. The maximum absolute atomic E-state index is 12.1. The molecule has 0 amide bonds. The molecule has 1 unspecified atom stereocenters. The van der Waals surface area contributed by atoms with Crippen molar-refractivity contribution in [2.75, 3.05) is 27.7 Å². The van der Waals surface area contributed by atoms with Gasteiger partial charge in [0.05, 0.1) is 4.90 Å². The average Bonchev–Trinajstić information content (AvgIpc) is 3.16. The maximum atomic E-state index is 12.1. The first-order valence-electron chi connectivity index (χ1n) is 8.34. The zero-order valence-corrected chi connectivity index (χ0v) is 17.2. The van der Waals surface area contributed by atoms with Gasteiger partial charge >= 0.3 is 0 Å². The van der Waals surface area contributed by atoms with E-state index >= 15 is 0 Å². The number of sulfonamides is 1. The number of thiophene rings is 1. The van der Waals surface area contributed by atoms with Crippen molar-refractivity contribution in [2.45, 2.75) is 24.3 Å². The summed E-state index contributed by atoms with van der Waals surface area (Å²) >= 11 is 1.75. The van der Waals surface area contributed by atoms with Crippen LogP contribution >= 0.6 is 11.3 Å². The van der Waals surface area contributed by atoms with Crippen LogP contribution < -0.4 is 10.6 Å². The lowest BCUT2D eigenvalue weighted by atomic mass is 10.1. The molecular formula is C18H26N4O2S2. The van der Waals surface area contributed by atoms with Gasteiger partial charge in [0.25, 0.3) is 0 Å². The van der Waals surface area contributed by atoms with Crippen LogP contribution in [0.1, 0.15) is 23.3 Å². The first-order valence-corrected chi connectivity index (χ1v) is 10.7. The molecule has 0 aliphatic rings. The van der Waals surface area contributed by atoms with Crippen LogP contribution in [0.2, 0.25) is 0 Å². The van der Waals surface area contributed by atoms with Crippen LogP contribution in [0.4, 0.5) is 0 Å². The summed E-state index contributed by atoms with van der Waals surface area (Å²) in [5.74, 6) is 1.13. The second kappa shape index (κ2) is 9.16. The number of hydrogen-bond donors (Lipinski definition) is 2. The molecule has 1 aromatic heterocycles. The lowest BCUT2D eigenvalue weighted by Crippen LogP contribution is -2.38. The van der Waals surface area contributed by atoms with Gasteiger partial charge in [-0.3, -0.25) is 4.99 Å². The highest BCUT2D eigenvalue weighted by atomic mass is 32.2. The molecule has 142 valence electrons. The monoisotopic (exact) mass is 394 g/mol. The minimum atomic E-state index is -3.39. The van der Waals surface area contributed by atoms with Gasteiger partial charge in [-0.2, -0.15) is 0 Å². The van der Waals surface area contributed by atoms with Crippen molar-refractivity contribution in [1.29, 1.82) is 0 Å². The number of aliphatic imine (C=N–C) groups is 1. The number of nitrogens with one attached hydrogen (secondary N) is 2. The summed E-state index contributed by atoms with van der Waals surface area (Å²) in [5.41, 5.74) is 0.983. The zero-order valence-electron chi connectivity index (χ0n) is 15.6. The summed E-state index contributed by atoms with van der Waals surface area (Å²) in [4.78, 5) is 5.86. The van der Waals surface area contributed by atoms with E-state index in [9.17, 15) is 8.42 Å². The van der Waals surface area contributed by atoms with Gasteiger partial charge in [-0.05, 0) is 29.1 Å². The Kier molecular flexibility index (Phi) is 7.19. The lowest BCUT2D eigenvalue weighted by molar-refractivity contribution is 0.520. The highest BCUT2D eigenvalue weighted by Gasteiger charge is 2.16. The Morgan fingerprint density at radius 3 is 2.42 bits per heavy atom. The van der Waals surface area contributed by atoms with E-state index in [4.69, 9.17) is 0 Å². The Bertz CT molecular complexity index is 813. The largest absolute Gasteiger partial charge is 0.356 e. The minimum Gasteiger partial charge on any atom is -0.356 e. The van der Waals surface area contributed by atoms with E-state index in [2.05, 4.69) is 40.1 Å². The Hall–Kier alpha value is -1.90. The zero-order chi connectivity index (χ0) is 19.2. The second-order valence-corrected chi connectivity index (χ2v) is 9.29. The van der Waals surface area contributed by atoms with Gasteiger partial charge in [0.2, 0.25) is 10.0 Å². The van der Waals surface area contributed by atoms with Crippen LogP contribution in [0.5, 0.6) is 0 Å². The minimum absolute atomic E-state index is 0.290. The molecule has 2 N–H and O–H groups in total. The summed E-state index contributed by atoms with van der Waals surface area (Å²) in [6.45, 7) is 3.53. The van der Waals surface area contributed by atoms with Crippen molar-refractivity contribution in [3.05, 3.63) is 52.2 Å². The fourth-order valence-electron chi connectivity index (χ4n) is 2.32. The average molecular weight is 395 g/mol. The van der Waals surface area contributed by atoms with Crippen molar-refractivity contribution in [3.8, 4) is 0 Å². The number of benzene rings is 1. The van der Waals surface area contributed by atoms with Gasteiger partial charge in [0, 0.05) is 45.0 Å². The molecule has 2 rings (SSSR count). The predicted octanol–water partition coefficient (Wildman–Crippen LogP) is 2.47. The topological polar surface area (TPSA) is 73.8 Å². The summed E-state index contributed by atoms with van der Waals surface area (Å²) in [6, 6.07) is 11.1. The highest BCUT2D eigenvalue weighted by Crippen LogP contribution is 2.19. The Morgan fingerprint density at radius 2 is 1.88 bits per heavy atom. The number of guanidine groups is 1. The molecule has 0 spiro atoms. The molecule has 2 aromatic rings. The van der Waals surface area contributed by atoms with Gasteiger partial charge < -0.3 is 10.6 Å². The number of nitrogens with zero attached hydrogens (tertiary/aromatic N) is 2. The molecule has 0 bridgehead atoms. The maximum Gasteiger partial charge on any atom is 0.242 e. The molecular weight excluding hydrogens is 368 g/mol. The Balaban J connectivity index is 1.88. The van der Waals surface area contributed by atoms with Crippen molar-refractivity contribution in [1.82, 2.24) is 14.9 Å². The van der Waals surface area contributed by atoms with E-state index in [1.165, 1.54) is 23.3 Å². The van der Waals surface area contributed by atoms with E-state index in [1.54, 1.807) is 30.5 Å². The van der Waals surface area contributed by atoms with Crippen molar-refractivity contribution in [2.24, 2.45) is 4.99 Å². The third-order valence-corrected chi connectivity index (χ3v) is 6.92. The van der Waals surface area contributed by atoms with Crippen LogP contribution in [0.15, 0.2) is 51.7 Å². The SMILES string of the molecule is CN=C(NCc1ccc(S(=O)(=O)N(C)C)cc1)NCC(C)c1cccs1. The molecule has 0 aliphatic carbocycles. The first-order chi connectivity index (χ1) is 12.3. The van der Waals surface area contributed by atoms with Crippen LogP contribution in [-0.4, -0.2) is 46.4 Å². The van der Waals surface area contributed by atoms with Crippen LogP contribution in [0, 0.1) is 0 Å². The van der Waals surface area contributed by atoms with Crippen molar-refractivity contribution < 1.29 is 8.42 Å². The van der Waals surface area contributed by atoms with Gasteiger partial charge in [0.15, 0.2) is 5.96 Å². The van der Waals surface area contributed by atoms with E-state index in [-0.39, 0.29) is 0 Å². The third-order valence-electron chi connectivity index (χ3n) is 3.99. The quantitative estimate of drug-likeness (QED) is 0.559. The molecule has 0 saturated heterocycles. The molecule has 6 nitrogen and oxygen atoms in total. The van der Waals surface area contributed by atoms with Gasteiger partial charge in [-0.1, -0.05) is 25.1 Å². The Morgan fingerprint density at radius 1 is 1.19 bits per heavy atom. The number of hydrogen-bond acceptors (Lipinski definition) is 4. The molecule has 0 aliphatic heterocycles. The molecule has 1 atom stereocenters. The molecule has 0 saturated carbocycles. The fourth-order valence-corrected chi connectivity index (χ4v) is 4.01. The molecule has 0 radical (unpaired) electrons. The molecule has 8 heteroatoms. The van der Waals surface area contributed by atoms with E-state index in [0.717, 1.165) is 18.1 Å². The molecule has 1 aromatic carbocycles. The van der Waals surface area contributed by atoms with Crippen LogP contribution in [0.25, 0.3) is 0 Å². The van der Waals surface area contributed by atoms with Crippen molar-refractivity contribution in [3.63, 3.8) is 0 Å². The van der Waals surface area contributed by atoms with E-state index in [0.29, 0.717) is 17.4 Å².